The predicted octanol–water partition coefficient (Wildman–Crippen LogP) is 3.65. The van der Waals surface area contributed by atoms with Crippen LogP contribution in [-0.2, 0) is 10.0 Å². The van der Waals surface area contributed by atoms with Gasteiger partial charge in [0.1, 0.15) is 5.75 Å². The van der Waals surface area contributed by atoms with Gasteiger partial charge in [-0.3, -0.25) is 15.0 Å². The van der Waals surface area contributed by atoms with E-state index >= 15 is 0 Å². The molecule has 10 heteroatoms. The molecule has 1 saturated heterocycles. The summed E-state index contributed by atoms with van der Waals surface area (Å²) in [5.41, 5.74) is 1.04. The molecule has 0 unspecified atom stereocenters. The lowest BCUT2D eigenvalue weighted by molar-refractivity contribution is -0.384. The fourth-order valence-corrected chi connectivity index (χ4v) is 6.38. The molecule has 1 heterocycles. The third-order valence-electron chi connectivity index (χ3n) is 7.18. The van der Waals surface area contributed by atoms with Crippen molar-refractivity contribution in [1.82, 2.24) is 9.62 Å². The average molecular weight is 503 g/mol. The second kappa shape index (κ2) is 11.4. The molecule has 2 aliphatic rings. The Kier molecular flexibility index (Phi) is 8.25. The molecule has 0 atom stereocenters. The number of nitro benzene ring substituents is 1. The Balaban J connectivity index is 1.18. The fraction of sp³-hybridized carbons (Fsp3) is 0.520. The summed E-state index contributed by atoms with van der Waals surface area (Å²) in [6.07, 6.45) is 4.79. The number of hydrogen-bond donors (Lipinski definition) is 1. The number of non-ortho nitro benzene ring substituents is 1. The second-order valence-corrected chi connectivity index (χ2v) is 11.1. The van der Waals surface area contributed by atoms with E-state index in [9.17, 15) is 18.5 Å². The number of sulfonamides is 1. The van der Waals surface area contributed by atoms with Crippen molar-refractivity contribution in [2.45, 2.75) is 43.0 Å². The summed E-state index contributed by atoms with van der Waals surface area (Å²) in [6, 6.07) is 13.1. The Labute approximate surface area is 207 Å². The molecule has 190 valence electrons. The van der Waals surface area contributed by atoms with Crippen LogP contribution in [0.25, 0.3) is 0 Å². The van der Waals surface area contributed by atoms with Crippen LogP contribution in [0.2, 0.25) is 0 Å². The first-order valence-electron chi connectivity index (χ1n) is 12.2. The number of nitrogens with one attached hydrogen (secondary N) is 1. The van der Waals surface area contributed by atoms with Gasteiger partial charge in [0.05, 0.1) is 22.6 Å². The quantitative estimate of drug-likeness (QED) is 0.412. The molecule has 2 aromatic carbocycles. The zero-order valence-corrected chi connectivity index (χ0v) is 21.0. The summed E-state index contributed by atoms with van der Waals surface area (Å²) in [5.74, 6) is 1.53. The highest BCUT2D eigenvalue weighted by atomic mass is 32.2. The summed E-state index contributed by atoms with van der Waals surface area (Å²) in [7, 11) is -1.96. The van der Waals surface area contributed by atoms with E-state index < -0.39 is 14.9 Å². The van der Waals surface area contributed by atoms with Gasteiger partial charge in [-0.05, 0) is 68.8 Å². The van der Waals surface area contributed by atoms with Gasteiger partial charge in [0.15, 0.2) is 0 Å². The lowest BCUT2D eigenvalue weighted by atomic mass is 9.84. The maximum absolute atomic E-state index is 12.7. The number of rotatable bonds is 9. The molecule has 2 aromatic rings. The van der Waals surface area contributed by atoms with Gasteiger partial charge in [0, 0.05) is 44.4 Å². The Morgan fingerprint density at radius 2 is 1.66 bits per heavy atom. The summed E-state index contributed by atoms with van der Waals surface area (Å²) in [6.45, 7) is 5.10. The van der Waals surface area contributed by atoms with Gasteiger partial charge >= 0.3 is 0 Å². The number of ether oxygens (including phenoxy) is 1. The van der Waals surface area contributed by atoms with Crippen molar-refractivity contribution in [2.24, 2.45) is 5.92 Å². The van der Waals surface area contributed by atoms with E-state index in [2.05, 4.69) is 20.6 Å². The Hall–Kier alpha value is -2.69. The van der Waals surface area contributed by atoms with E-state index in [0.29, 0.717) is 5.92 Å². The largest absolute Gasteiger partial charge is 0.495 e. The highest BCUT2D eigenvalue weighted by Crippen LogP contribution is 2.30. The Morgan fingerprint density at radius 3 is 2.29 bits per heavy atom. The zero-order chi connectivity index (χ0) is 24.8. The molecule has 0 aromatic heterocycles. The van der Waals surface area contributed by atoms with Crippen LogP contribution in [0, 0.1) is 16.0 Å². The summed E-state index contributed by atoms with van der Waals surface area (Å²) in [4.78, 5) is 15.2. The number of anilines is 1. The fourth-order valence-electron chi connectivity index (χ4n) is 5.07. The molecule has 9 nitrogen and oxygen atoms in total. The topological polar surface area (TPSA) is 105 Å². The van der Waals surface area contributed by atoms with Gasteiger partial charge in [-0.1, -0.05) is 12.1 Å². The molecule has 4 rings (SSSR count). The van der Waals surface area contributed by atoms with Crippen molar-refractivity contribution in [1.29, 1.82) is 0 Å². The van der Waals surface area contributed by atoms with Gasteiger partial charge in [-0.25, -0.2) is 13.1 Å². The first-order chi connectivity index (χ1) is 16.9. The monoisotopic (exact) mass is 502 g/mol. The predicted molar refractivity (Wildman–Crippen MR) is 135 cm³/mol. The van der Waals surface area contributed by atoms with Gasteiger partial charge in [0.2, 0.25) is 10.0 Å². The zero-order valence-electron chi connectivity index (χ0n) is 20.1. The third kappa shape index (κ3) is 6.50. The molecule has 0 spiro atoms. The molecular weight excluding hydrogens is 468 g/mol. The smallest absolute Gasteiger partial charge is 0.269 e. The van der Waals surface area contributed by atoms with Crippen LogP contribution in [0.1, 0.15) is 32.1 Å². The average Bonchev–Trinajstić information content (AvgIpc) is 2.88. The maximum Gasteiger partial charge on any atom is 0.269 e. The molecule has 35 heavy (non-hydrogen) atoms. The van der Waals surface area contributed by atoms with E-state index in [-0.39, 0.29) is 16.6 Å². The first kappa shape index (κ1) is 25.4. The summed E-state index contributed by atoms with van der Waals surface area (Å²) in [5, 5.41) is 10.8. The molecular formula is C25H34N4O5S. The van der Waals surface area contributed by atoms with Crippen molar-refractivity contribution in [2.75, 3.05) is 44.7 Å². The minimum absolute atomic E-state index is 0.0671. The van der Waals surface area contributed by atoms with E-state index in [1.54, 1.807) is 7.11 Å². The SMILES string of the molecule is COc1ccccc1N1CCN(CCC2CCC(NS(=O)(=O)c3ccc([N+](=O)[O-])cc3)CC2)CC1. The molecule has 0 radical (unpaired) electrons. The molecule has 1 saturated carbocycles. The number of benzene rings is 2. The third-order valence-corrected chi connectivity index (χ3v) is 8.71. The van der Waals surface area contributed by atoms with Gasteiger partial charge < -0.3 is 9.64 Å². The minimum Gasteiger partial charge on any atom is -0.495 e. The second-order valence-electron chi connectivity index (χ2n) is 9.38. The molecule has 1 N–H and O–H groups in total. The highest BCUT2D eigenvalue weighted by Gasteiger charge is 2.27. The van der Waals surface area contributed by atoms with Crippen LogP contribution in [0.4, 0.5) is 11.4 Å². The molecule has 1 aliphatic carbocycles. The van der Waals surface area contributed by atoms with Crippen LogP contribution in [0.5, 0.6) is 5.75 Å². The number of piperazine rings is 1. The number of para-hydroxylation sites is 2. The van der Waals surface area contributed by atoms with Crippen molar-refractivity contribution < 1.29 is 18.1 Å². The lowest BCUT2D eigenvalue weighted by Crippen LogP contribution is -2.47. The van der Waals surface area contributed by atoms with Gasteiger partial charge in [-0.15, -0.1) is 0 Å². The number of hydrogen-bond acceptors (Lipinski definition) is 7. The van der Waals surface area contributed by atoms with Crippen molar-refractivity contribution in [3.63, 3.8) is 0 Å². The summed E-state index contributed by atoms with van der Waals surface area (Å²) < 4.78 is 33.6. The van der Waals surface area contributed by atoms with E-state index in [0.717, 1.165) is 76.3 Å². The highest BCUT2D eigenvalue weighted by molar-refractivity contribution is 7.89. The van der Waals surface area contributed by atoms with Crippen LogP contribution >= 0.6 is 0 Å². The maximum atomic E-state index is 12.7. The normalized spacial score (nSPS) is 21.6. The van der Waals surface area contributed by atoms with Crippen LogP contribution < -0.4 is 14.4 Å². The Bertz CT molecular complexity index is 1090. The standard InChI is InChI=1S/C25H34N4O5S/c1-34-25-5-3-2-4-24(25)28-18-16-27(17-19-28)15-14-20-6-8-21(9-7-20)26-35(32,33)23-12-10-22(11-13-23)29(30)31/h2-5,10-13,20-21,26H,6-9,14-19H2,1H3. The van der Waals surface area contributed by atoms with Crippen molar-refractivity contribution in [3.8, 4) is 5.75 Å². The van der Waals surface area contributed by atoms with Gasteiger partial charge in [-0.2, -0.15) is 0 Å². The van der Waals surface area contributed by atoms with Crippen LogP contribution in [0.15, 0.2) is 53.4 Å². The van der Waals surface area contributed by atoms with Crippen LogP contribution in [0.3, 0.4) is 0 Å². The molecule has 2 fully saturated rings. The van der Waals surface area contributed by atoms with Crippen molar-refractivity contribution >= 4 is 21.4 Å². The number of methoxy groups -OCH3 is 1. The van der Waals surface area contributed by atoms with Crippen LogP contribution in [-0.4, -0.2) is 64.1 Å². The number of nitrogens with zero attached hydrogens (tertiary/aromatic N) is 3. The lowest BCUT2D eigenvalue weighted by Gasteiger charge is -2.37. The number of nitro groups is 1. The minimum atomic E-state index is -3.68. The van der Waals surface area contributed by atoms with E-state index in [4.69, 9.17) is 4.74 Å². The van der Waals surface area contributed by atoms with Crippen molar-refractivity contribution in [3.05, 3.63) is 58.6 Å². The summed E-state index contributed by atoms with van der Waals surface area (Å²) >= 11 is 0. The van der Waals surface area contributed by atoms with E-state index in [1.165, 1.54) is 24.3 Å². The Morgan fingerprint density at radius 1 is 1.00 bits per heavy atom. The molecule has 0 amide bonds. The molecule has 1 aliphatic heterocycles. The van der Waals surface area contributed by atoms with E-state index in [1.807, 2.05) is 18.2 Å². The first-order valence-corrected chi connectivity index (χ1v) is 13.7. The van der Waals surface area contributed by atoms with Gasteiger partial charge in [0.25, 0.3) is 5.69 Å². The molecule has 0 bridgehead atoms.